The zero-order valence-corrected chi connectivity index (χ0v) is 11.8. The van der Waals surface area contributed by atoms with E-state index < -0.39 is 0 Å². The Balaban J connectivity index is 2.06. The summed E-state index contributed by atoms with van der Waals surface area (Å²) in [5, 5.41) is 0. The molecule has 0 saturated heterocycles. The molecule has 2 rings (SSSR count). The molecule has 0 fully saturated rings. The molecule has 1 heteroatoms. The lowest BCUT2D eigenvalue weighted by Gasteiger charge is -2.14. The van der Waals surface area contributed by atoms with Gasteiger partial charge in [-0.1, -0.05) is 68.4 Å². The van der Waals surface area contributed by atoms with Crippen LogP contribution >= 0.6 is 0 Å². The molecule has 0 saturated carbocycles. The third-order valence-electron chi connectivity index (χ3n) is 3.50. The summed E-state index contributed by atoms with van der Waals surface area (Å²) >= 11 is 0. The van der Waals surface area contributed by atoms with E-state index in [4.69, 9.17) is 5.73 Å². The van der Waals surface area contributed by atoms with Crippen LogP contribution in [0.3, 0.4) is 0 Å². The SMILES string of the molecule is CC(C)CC[C@@H](N)c1ccc(-c2ccccc2)cc1. The topological polar surface area (TPSA) is 26.0 Å². The summed E-state index contributed by atoms with van der Waals surface area (Å²) in [6, 6.07) is 19.3. The zero-order chi connectivity index (χ0) is 13.7. The van der Waals surface area contributed by atoms with Gasteiger partial charge in [-0.15, -0.1) is 0 Å². The molecule has 0 aliphatic heterocycles. The number of hydrogen-bond donors (Lipinski definition) is 1. The Morgan fingerprint density at radius 3 is 1.95 bits per heavy atom. The fraction of sp³-hybridized carbons (Fsp3) is 0.333. The lowest BCUT2D eigenvalue weighted by molar-refractivity contribution is 0.507. The van der Waals surface area contributed by atoms with E-state index in [1.54, 1.807) is 0 Å². The minimum absolute atomic E-state index is 0.159. The van der Waals surface area contributed by atoms with Crippen LogP contribution in [-0.4, -0.2) is 0 Å². The summed E-state index contributed by atoms with van der Waals surface area (Å²) in [5.41, 5.74) is 9.97. The number of hydrogen-bond acceptors (Lipinski definition) is 1. The molecule has 1 atom stereocenters. The van der Waals surface area contributed by atoms with Gasteiger partial charge in [0.15, 0.2) is 0 Å². The van der Waals surface area contributed by atoms with Gasteiger partial charge in [0, 0.05) is 6.04 Å². The maximum Gasteiger partial charge on any atom is 0.0294 e. The number of nitrogens with two attached hydrogens (primary N) is 1. The van der Waals surface area contributed by atoms with Crippen molar-refractivity contribution in [3.05, 3.63) is 60.2 Å². The Morgan fingerprint density at radius 2 is 1.37 bits per heavy atom. The van der Waals surface area contributed by atoms with Crippen LogP contribution in [0, 0.1) is 5.92 Å². The standard InChI is InChI=1S/C18H23N/c1-14(2)8-13-18(19)17-11-9-16(10-12-17)15-6-4-3-5-7-15/h3-7,9-12,14,18H,8,13,19H2,1-2H3/t18-/m1/s1. The van der Waals surface area contributed by atoms with Crippen molar-refractivity contribution in [2.75, 3.05) is 0 Å². The van der Waals surface area contributed by atoms with Gasteiger partial charge in [-0.3, -0.25) is 0 Å². The maximum atomic E-state index is 6.23. The van der Waals surface area contributed by atoms with E-state index in [-0.39, 0.29) is 6.04 Å². The van der Waals surface area contributed by atoms with Crippen LogP contribution in [0.25, 0.3) is 11.1 Å². The molecule has 2 aromatic rings. The molecular formula is C18H23N. The highest BCUT2D eigenvalue weighted by Crippen LogP contribution is 2.23. The summed E-state index contributed by atoms with van der Waals surface area (Å²) in [6.07, 6.45) is 2.24. The lowest BCUT2D eigenvalue weighted by atomic mass is 9.96. The molecule has 100 valence electrons. The quantitative estimate of drug-likeness (QED) is 0.814. The van der Waals surface area contributed by atoms with E-state index in [1.165, 1.54) is 23.1 Å². The number of rotatable bonds is 5. The second-order valence-corrected chi connectivity index (χ2v) is 5.57. The molecule has 0 aliphatic carbocycles. The van der Waals surface area contributed by atoms with E-state index in [1.807, 2.05) is 6.07 Å². The summed E-state index contributed by atoms with van der Waals surface area (Å²) in [4.78, 5) is 0. The van der Waals surface area contributed by atoms with Crippen LogP contribution in [-0.2, 0) is 0 Å². The van der Waals surface area contributed by atoms with E-state index >= 15 is 0 Å². The molecule has 0 spiro atoms. The van der Waals surface area contributed by atoms with Crippen molar-refractivity contribution in [2.45, 2.75) is 32.7 Å². The first-order valence-corrected chi connectivity index (χ1v) is 7.08. The van der Waals surface area contributed by atoms with Gasteiger partial charge >= 0.3 is 0 Å². The van der Waals surface area contributed by atoms with Crippen molar-refractivity contribution in [1.82, 2.24) is 0 Å². The van der Waals surface area contributed by atoms with Gasteiger partial charge in [0.05, 0.1) is 0 Å². The van der Waals surface area contributed by atoms with Crippen molar-refractivity contribution >= 4 is 0 Å². The largest absolute Gasteiger partial charge is 0.324 e. The van der Waals surface area contributed by atoms with Crippen molar-refractivity contribution in [2.24, 2.45) is 11.7 Å². The van der Waals surface area contributed by atoms with E-state index in [0.717, 1.165) is 12.3 Å². The van der Waals surface area contributed by atoms with Crippen LogP contribution in [0.15, 0.2) is 54.6 Å². The third kappa shape index (κ3) is 3.93. The Morgan fingerprint density at radius 1 is 0.789 bits per heavy atom. The molecule has 19 heavy (non-hydrogen) atoms. The predicted molar refractivity (Wildman–Crippen MR) is 82.9 cm³/mol. The van der Waals surface area contributed by atoms with Gasteiger partial charge in [0.25, 0.3) is 0 Å². The molecule has 0 heterocycles. The van der Waals surface area contributed by atoms with Crippen LogP contribution in [0.5, 0.6) is 0 Å². The Bertz CT molecular complexity index is 485. The molecule has 2 N–H and O–H groups in total. The first kappa shape index (κ1) is 13.8. The zero-order valence-electron chi connectivity index (χ0n) is 11.8. The van der Waals surface area contributed by atoms with Gasteiger partial charge in [-0.25, -0.2) is 0 Å². The highest BCUT2D eigenvalue weighted by molar-refractivity contribution is 5.63. The minimum Gasteiger partial charge on any atom is -0.324 e. The monoisotopic (exact) mass is 253 g/mol. The molecular weight excluding hydrogens is 230 g/mol. The van der Waals surface area contributed by atoms with Gasteiger partial charge < -0.3 is 5.73 Å². The van der Waals surface area contributed by atoms with Crippen LogP contribution in [0.1, 0.15) is 38.3 Å². The molecule has 0 radical (unpaired) electrons. The molecule has 2 aromatic carbocycles. The van der Waals surface area contributed by atoms with Crippen molar-refractivity contribution < 1.29 is 0 Å². The van der Waals surface area contributed by atoms with E-state index in [9.17, 15) is 0 Å². The van der Waals surface area contributed by atoms with Crippen molar-refractivity contribution in [3.63, 3.8) is 0 Å². The molecule has 0 bridgehead atoms. The van der Waals surface area contributed by atoms with Crippen LogP contribution in [0.4, 0.5) is 0 Å². The second-order valence-electron chi connectivity index (χ2n) is 5.57. The molecule has 1 nitrogen and oxygen atoms in total. The van der Waals surface area contributed by atoms with Gasteiger partial charge in [0.2, 0.25) is 0 Å². The lowest BCUT2D eigenvalue weighted by Crippen LogP contribution is -2.11. The molecule has 0 amide bonds. The first-order chi connectivity index (χ1) is 9.16. The smallest absolute Gasteiger partial charge is 0.0294 e. The second kappa shape index (κ2) is 6.53. The van der Waals surface area contributed by atoms with Gasteiger partial charge in [-0.2, -0.15) is 0 Å². The first-order valence-electron chi connectivity index (χ1n) is 7.08. The maximum absolute atomic E-state index is 6.23. The van der Waals surface area contributed by atoms with E-state index in [0.29, 0.717) is 0 Å². The third-order valence-corrected chi connectivity index (χ3v) is 3.50. The van der Waals surface area contributed by atoms with Crippen molar-refractivity contribution in [1.29, 1.82) is 0 Å². The molecule has 0 aliphatic rings. The van der Waals surface area contributed by atoms with E-state index in [2.05, 4.69) is 62.4 Å². The van der Waals surface area contributed by atoms with Gasteiger partial charge in [0.1, 0.15) is 0 Å². The molecule has 0 unspecified atom stereocenters. The fourth-order valence-corrected chi connectivity index (χ4v) is 2.23. The average Bonchev–Trinajstić information content (AvgIpc) is 2.46. The number of benzene rings is 2. The van der Waals surface area contributed by atoms with Gasteiger partial charge in [-0.05, 0) is 35.4 Å². The average molecular weight is 253 g/mol. The predicted octanol–water partition coefficient (Wildman–Crippen LogP) is 4.79. The Labute approximate surface area is 116 Å². The van der Waals surface area contributed by atoms with Crippen molar-refractivity contribution in [3.8, 4) is 11.1 Å². The normalized spacial score (nSPS) is 12.6. The highest BCUT2D eigenvalue weighted by Gasteiger charge is 2.07. The molecule has 0 aromatic heterocycles. The highest BCUT2D eigenvalue weighted by atomic mass is 14.6. The van der Waals surface area contributed by atoms with Crippen LogP contribution in [0.2, 0.25) is 0 Å². The fourth-order valence-electron chi connectivity index (χ4n) is 2.23. The minimum atomic E-state index is 0.159. The summed E-state index contributed by atoms with van der Waals surface area (Å²) in [7, 11) is 0. The Kier molecular flexibility index (Phi) is 4.75. The van der Waals surface area contributed by atoms with Crippen LogP contribution < -0.4 is 5.73 Å². The summed E-state index contributed by atoms with van der Waals surface area (Å²) in [6.45, 7) is 4.48. The summed E-state index contributed by atoms with van der Waals surface area (Å²) < 4.78 is 0. The Hall–Kier alpha value is -1.60. The summed E-state index contributed by atoms with van der Waals surface area (Å²) in [5.74, 6) is 0.717.